The predicted octanol–water partition coefficient (Wildman–Crippen LogP) is 6.27. The Balaban J connectivity index is 2.16. The average molecular weight is 266 g/mol. The maximum Gasteiger partial charge on any atom is -0.0162 e. The first-order chi connectivity index (χ1) is 9.85. The second-order valence-electron chi connectivity index (χ2n) is 5.67. The van der Waals surface area contributed by atoms with Gasteiger partial charge in [0.1, 0.15) is 0 Å². The molecule has 106 valence electrons. The van der Waals surface area contributed by atoms with E-state index in [9.17, 15) is 0 Å². The molecule has 2 rings (SSSR count). The van der Waals surface area contributed by atoms with Crippen LogP contribution in [0.25, 0.3) is 5.57 Å². The molecule has 0 aliphatic heterocycles. The standard InChI is InChI=1S/C20H26/c1-3-9-17(10-4-2)19-13-15-20(16-14-19)18-11-7-5-6-8-12-18/h3-4,9-10,13-16,18H,1,5-8,11-12H2,2H3/b10-4-,17-9+. The second kappa shape index (κ2) is 7.89. The van der Waals surface area contributed by atoms with Gasteiger partial charge in [-0.15, -0.1) is 0 Å². The molecular weight excluding hydrogens is 240 g/mol. The summed E-state index contributed by atoms with van der Waals surface area (Å²) in [6.45, 7) is 5.85. The first kappa shape index (κ1) is 14.8. The van der Waals surface area contributed by atoms with E-state index in [1.54, 1.807) is 0 Å². The van der Waals surface area contributed by atoms with Crippen molar-refractivity contribution in [2.75, 3.05) is 0 Å². The number of allylic oxidation sites excluding steroid dienone is 5. The van der Waals surface area contributed by atoms with Gasteiger partial charge in [0.15, 0.2) is 0 Å². The van der Waals surface area contributed by atoms with Gasteiger partial charge in [0.25, 0.3) is 0 Å². The molecule has 20 heavy (non-hydrogen) atoms. The van der Waals surface area contributed by atoms with E-state index in [0.717, 1.165) is 5.92 Å². The molecule has 0 nitrogen and oxygen atoms in total. The van der Waals surface area contributed by atoms with Crippen LogP contribution in [0.15, 0.2) is 55.1 Å². The van der Waals surface area contributed by atoms with Crippen molar-refractivity contribution in [3.63, 3.8) is 0 Å². The molecule has 0 aromatic heterocycles. The van der Waals surface area contributed by atoms with Crippen LogP contribution in [0.4, 0.5) is 0 Å². The van der Waals surface area contributed by atoms with Crippen LogP contribution in [-0.4, -0.2) is 0 Å². The summed E-state index contributed by atoms with van der Waals surface area (Å²) in [5.41, 5.74) is 4.03. The highest BCUT2D eigenvalue weighted by atomic mass is 14.2. The van der Waals surface area contributed by atoms with Crippen LogP contribution in [-0.2, 0) is 0 Å². The Kier molecular flexibility index (Phi) is 5.86. The molecule has 1 aliphatic rings. The summed E-state index contributed by atoms with van der Waals surface area (Å²) in [5.74, 6) is 0.778. The van der Waals surface area contributed by atoms with Gasteiger partial charge in [-0.3, -0.25) is 0 Å². The van der Waals surface area contributed by atoms with Crippen molar-refractivity contribution in [3.8, 4) is 0 Å². The Labute approximate surface area is 123 Å². The zero-order chi connectivity index (χ0) is 14.2. The van der Waals surface area contributed by atoms with Gasteiger partial charge in [0, 0.05) is 0 Å². The van der Waals surface area contributed by atoms with Crippen LogP contribution < -0.4 is 0 Å². The monoisotopic (exact) mass is 266 g/mol. The van der Waals surface area contributed by atoms with Crippen molar-refractivity contribution in [3.05, 3.63) is 66.3 Å². The highest BCUT2D eigenvalue weighted by Crippen LogP contribution is 2.32. The first-order valence-corrected chi connectivity index (χ1v) is 7.91. The molecule has 1 aliphatic carbocycles. The average Bonchev–Trinajstić information content (AvgIpc) is 2.76. The van der Waals surface area contributed by atoms with Crippen LogP contribution in [0.5, 0.6) is 0 Å². The van der Waals surface area contributed by atoms with Crippen molar-refractivity contribution >= 4 is 5.57 Å². The molecule has 1 fully saturated rings. The lowest BCUT2D eigenvalue weighted by Crippen LogP contribution is -1.97. The van der Waals surface area contributed by atoms with Gasteiger partial charge in [0.05, 0.1) is 0 Å². The molecule has 0 bridgehead atoms. The third-order valence-corrected chi connectivity index (χ3v) is 4.21. The van der Waals surface area contributed by atoms with Crippen LogP contribution in [0.3, 0.4) is 0 Å². The maximum absolute atomic E-state index is 3.80. The van der Waals surface area contributed by atoms with Crippen LogP contribution in [0.2, 0.25) is 0 Å². The minimum Gasteiger partial charge on any atom is -0.0990 e. The summed E-state index contributed by atoms with van der Waals surface area (Å²) in [5, 5.41) is 0. The van der Waals surface area contributed by atoms with E-state index in [0.29, 0.717) is 0 Å². The van der Waals surface area contributed by atoms with E-state index in [-0.39, 0.29) is 0 Å². The summed E-state index contributed by atoms with van der Waals surface area (Å²) in [6.07, 6.45) is 16.5. The number of benzene rings is 1. The van der Waals surface area contributed by atoms with Crippen LogP contribution >= 0.6 is 0 Å². The second-order valence-corrected chi connectivity index (χ2v) is 5.67. The van der Waals surface area contributed by atoms with Gasteiger partial charge in [-0.05, 0) is 42.4 Å². The summed E-state index contributed by atoms with van der Waals surface area (Å²) < 4.78 is 0. The topological polar surface area (TPSA) is 0 Å². The van der Waals surface area contributed by atoms with Gasteiger partial charge in [0.2, 0.25) is 0 Å². The largest absolute Gasteiger partial charge is 0.0990 e. The smallest absolute Gasteiger partial charge is 0.0162 e. The molecule has 0 heterocycles. The van der Waals surface area contributed by atoms with Gasteiger partial charge in [-0.25, -0.2) is 0 Å². The van der Waals surface area contributed by atoms with E-state index in [2.05, 4.69) is 56.0 Å². The third-order valence-electron chi connectivity index (χ3n) is 4.21. The van der Waals surface area contributed by atoms with Crippen molar-refractivity contribution in [2.45, 2.75) is 51.4 Å². The molecule has 0 N–H and O–H groups in total. The molecule has 0 spiro atoms. The van der Waals surface area contributed by atoms with E-state index < -0.39 is 0 Å². The maximum atomic E-state index is 3.80. The van der Waals surface area contributed by atoms with Gasteiger partial charge in [-0.2, -0.15) is 0 Å². The Morgan fingerprint density at radius 2 is 1.70 bits per heavy atom. The van der Waals surface area contributed by atoms with Gasteiger partial charge in [-0.1, -0.05) is 80.8 Å². The Bertz CT molecular complexity index is 465. The van der Waals surface area contributed by atoms with Crippen molar-refractivity contribution in [1.82, 2.24) is 0 Å². The summed E-state index contributed by atoms with van der Waals surface area (Å²) >= 11 is 0. The molecule has 0 saturated heterocycles. The SMILES string of the molecule is C=C/C=C(\C=C/C)c1ccc(C2CCCCCC2)cc1. The quantitative estimate of drug-likeness (QED) is 0.445. The van der Waals surface area contributed by atoms with Crippen molar-refractivity contribution < 1.29 is 0 Å². The third kappa shape index (κ3) is 3.96. The highest BCUT2D eigenvalue weighted by Gasteiger charge is 2.14. The molecule has 0 radical (unpaired) electrons. The fraction of sp³-hybridized carbons (Fsp3) is 0.400. The molecule has 1 saturated carbocycles. The van der Waals surface area contributed by atoms with Gasteiger partial charge < -0.3 is 0 Å². The van der Waals surface area contributed by atoms with Crippen molar-refractivity contribution in [2.24, 2.45) is 0 Å². The molecule has 0 amide bonds. The van der Waals surface area contributed by atoms with Gasteiger partial charge >= 0.3 is 0 Å². The summed E-state index contributed by atoms with van der Waals surface area (Å²) in [7, 11) is 0. The Morgan fingerprint density at radius 3 is 2.25 bits per heavy atom. The van der Waals surface area contributed by atoms with Crippen LogP contribution in [0, 0.1) is 0 Å². The summed E-state index contributed by atoms with van der Waals surface area (Å²) in [4.78, 5) is 0. The highest BCUT2D eigenvalue weighted by molar-refractivity contribution is 5.75. The van der Waals surface area contributed by atoms with Crippen LogP contribution in [0.1, 0.15) is 62.5 Å². The lowest BCUT2D eigenvalue weighted by Gasteiger charge is -2.15. The predicted molar refractivity (Wildman–Crippen MR) is 89.9 cm³/mol. The molecule has 0 heteroatoms. The van der Waals surface area contributed by atoms with E-state index in [1.807, 2.05) is 6.08 Å². The Hall–Kier alpha value is -1.56. The lowest BCUT2D eigenvalue weighted by atomic mass is 9.90. The zero-order valence-corrected chi connectivity index (χ0v) is 12.6. The fourth-order valence-electron chi connectivity index (χ4n) is 3.11. The molecule has 1 aromatic rings. The normalized spacial score (nSPS) is 18.1. The molecule has 0 unspecified atom stereocenters. The zero-order valence-electron chi connectivity index (χ0n) is 12.6. The fourth-order valence-corrected chi connectivity index (χ4v) is 3.11. The number of rotatable bonds is 4. The molecular formula is C20H26. The van der Waals surface area contributed by atoms with E-state index in [1.165, 1.54) is 55.2 Å². The molecule has 0 atom stereocenters. The number of hydrogen-bond donors (Lipinski definition) is 0. The van der Waals surface area contributed by atoms with E-state index >= 15 is 0 Å². The number of hydrogen-bond acceptors (Lipinski definition) is 0. The lowest BCUT2D eigenvalue weighted by molar-refractivity contribution is 0.592. The minimum absolute atomic E-state index is 0.778. The Morgan fingerprint density at radius 1 is 1.05 bits per heavy atom. The first-order valence-electron chi connectivity index (χ1n) is 7.91. The van der Waals surface area contributed by atoms with E-state index in [4.69, 9.17) is 0 Å². The molecule has 1 aromatic carbocycles. The minimum atomic E-state index is 0.778. The summed E-state index contributed by atoms with van der Waals surface area (Å²) in [6, 6.07) is 9.17. The van der Waals surface area contributed by atoms with Crippen molar-refractivity contribution in [1.29, 1.82) is 0 Å².